The summed E-state index contributed by atoms with van der Waals surface area (Å²) in [7, 11) is 0. The van der Waals surface area contributed by atoms with Crippen LogP contribution in [0.3, 0.4) is 0 Å². The fourth-order valence-electron chi connectivity index (χ4n) is 3.14. The summed E-state index contributed by atoms with van der Waals surface area (Å²) in [5, 5.41) is 4.52. The van der Waals surface area contributed by atoms with Crippen LogP contribution < -0.4 is 5.32 Å². The van der Waals surface area contributed by atoms with Gasteiger partial charge in [0.15, 0.2) is 0 Å². The van der Waals surface area contributed by atoms with E-state index in [1.165, 1.54) is 24.9 Å². The molecule has 0 saturated carbocycles. The Morgan fingerprint density at radius 2 is 2.25 bits per heavy atom. The summed E-state index contributed by atoms with van der Waals surface area (Å²) in [6.07, 6.45) is 2.46. The quantitative estimate of drug-likeness (QED) is 0.879. The number of hydrogen-bond donors (Lipinski definition) is 1. The molecule has 3 unspecified atom stereocenters. The molecule has 0 amide bonds. The van der Waals surface area contributed by atoms with Crippen LogP contribution in [0.25, 0.3) is 0 Å². The Morgan fingerprint density at radius 1 is 1.45 bits per heavy atom. The predicted molar refractivity (Wildman–Crippen MR) is 87.3 cm³/mol. The van der Waals surface area contributed by atoms with E-state index in [1.54, 1.807) is 0 Å². The number of halogens is 1. The minimum Gasteiger partial charge on any atom is -0.314 e. The van der Waals surface area contributed by atoms with Crippen molar-refractivity contribution in [1.29, 1.82) is 0 Å². The monoisotopic (exact) mass is 294 g/mol. The number of likely N-dealkylation sites (tertiary alicyclic amines) is 1. The molecule has 1 fully saturated rings. The predicted octanol–water partition coefficient (Wildman–Crippen LogP) is 4.11. The molecule has 0 aromatic heterocycles. The molecule has 3 heteroatoms. The second-order valence-corrected chi connectivity index (χ2v) is 6.49. The highest BCUT2D eigenvalue weighted by atomic mass is 35.5. The van der Waals surface area contributed by atoms with E-state index in [4.69, 9.17) is 11.6 Å². The van der Waals surface area contributed by atoms with Crippen LogP contribution in [0.5, 0.6) is 0 Å². The second-order valence-electron chi connectivity index (χ2n) is 6.05. The SMILES string of the molecule is CCCNC1CCN(C(C)c2cccc(Cl)c2)CC1C. The maximum absolute atomic E-state index is 6.11. The smallest absolute Gasteiger partial charge is 0.0409 e. The molecule has 2 rings (SSSR count). The first-order valence-electron chi connectivity index (χ1n) is 7.84. The zero-order valence-corrected chi connectivity index (χ0v) is 13.7. The lowest BCUT2D eigenvalue weighted by Crippen LogP contribution is -2.49. The second kappa shape index (κ2) is 7.44. The van der Waals surface area contributed by atoms with E-state index in [2.05, 4.69) is 43.1 Å². The maximum atomic E-state index is 6.11. The van der Waals surface area contributed by atoms with E-state index in [0.717, 1.165) is 18.1 Å². The maximum Gasteiger partial charge on any atom is 0.0409 e. The lowest BCUT2D eigenvalue weighted by Gasteiger charge is -2.40. The summed E-state index contributed by atoms with van der Waals surface area (Å²) in [6, 6.07) is 9.40. The zero-order chi connectivity index (χ0) is 14.5. The van der Waals surface area contributed by atoms with Crippen molar-refractivity contribution in [3.8, 4) is 0 Å². The van der Waals surface area contributed by atoms with Gasteiger partial charge in [-0.15, -0.1) is 0 Å². The van der Waals surface area contributed by atoms with Crippen molar-refractivity contribution >= 4 is 11.6 Å². The number of rotatable bonds is 5. The molecule has 1 heterocycles. The average Bonchev–Trinajstić information content (AvgIpc) is 2.45. The highest BCUT2D eigenvalue weighted by molar-refractivity contribution is 6.30. The third kappa shape index (κ3) is 3.97. The van der Waals surface area contributed by atoms with Gasteiger partial charge in [0.25, 0.3) is 0 Å². The van der Waals surface area contributed by atoms with E-state index in [9.17, 15) is 0 Å². The zero-order valence-electron chi connectivity index (χ0n) is 12.9. The van der Waals surface area contributed by atoms with Crippen LogP contribution >= 0.6 is 11.6 Å². The van der Waals surface area contributed by atoms with E-state index < -0.39 is 0 Å². The minimum atomic E-state index is 0.447. The fraction of sp³-hybridized carbons (Fsp3) is 0.647. The van der Waals surface area contributed by atoms with Crippen LogP contribution in [0.15, 0.2) is 24.3 Å². The highest BCUT2D eigenvalue weighted by Crippen LogP contribution is 2.28. The Kier molecular flexibility index (Phi) is 5.88. The van der Waals surface area contributed by atoms with Crippen molar-refractivity contribution < 1.29 is 0 Å². The van der Waals surface area contributed by atoms with Gasteiger partial charge < -0.3 is 5.32 Å². The van der Waals surface area contributed by atoms with Gasteiger partial charge in [0.05, 0.1) is 0 Å². The number of benzene rings is 1. The summed E-state index contributed by atoms with van der Waals surface area (Å²) >= 11 is 6.11. The molecule has 20 heavy (non-hydrogen) atoms. The van der Waals surface area contributed by atoms with Gasteiger partial charge in [-0.1, -0.05) is 37.6 Å². The van der Waals surface area contributed by atoms with Gasteiger partial charge >= 0.3 is 0 Å². The van der Waals surface area contributed by atoms with Crippen LogP contribution in [0.1, 0.15) is 45.2 Å². The Labute approximate surface area is 128 Å². The molecule has 3 atom stereocenters. The van der Waals surface area contributed by atoms with E-state index in [1.807, 2.05) is 12.1 Å². The molecule has 0 aliphatic carbocycles. The molecule has 2 nitrogen and oxygen atoms in total. The topological polar surface area (TPSA) is 15.3 Å². The molecule has 1 N–H and O–H groups in total. The Hall–Kier alpha value is -0.570. The Bertz CT molecular complexity index is 421. The van der Waals surface area contributed by atoms with Gasteiger partial charge in [-0.05, 0) is 49.9 Å². The van der Waals surface area contributed by atoms with E-state index >= 15 is 0 Å². The summed E-state index contributed by atoms with van der Waals surface area (Å²) in [6.45, 7) is 10.4. The molecule has 1 aromatic rings. The fourth-order valence-corrected chi connectivity index (χ4v) is 3.34. The Morgan fingerprint density at radius 3 is 2.90 bits per heavy atom. The third-order valence-corrected chi connectivity index (χ3v) is 4.71. The van der Waals surface area contributed by atoms with Crippen molar-refractivity contribution in [3.63, 3.8) is 0 Å². The normalized spacial score (nSPS) is 25.6. The van der Waals surface area contributed by atoms with Crippen molar-refractivity contribution in [3.05, 3.63) is 34.9 Å². The lowest BCUT2D eigenvalue weighted by atomic mass is 9.91. The number of nitrogens with zero attached hydrogens (tertiary/aromatic N) is 1. The van der Waals surface area contributed by atoms with Crippen LogP contribution in [0, 0.1) is 5.92 Å². The molecule has 0 spiro atoms. The standard InChI is InChI=1S/C17H27ClN2/c1-4-9-19-17-8-10-20(12-13(17)2)14(3)15-6-5-7-16(18)11-15/h5-7,11,13-14,17,19H,4,8-10,12H2,1-3H3. The molecule has 1 aliphatic heterocycles. The molecular weight excluding hydrogens is 268 g/mol. The first-order chi connectivity index (χ1) is 9.61. The van der Waals surface area contributed by atoms with Crippen LogP contribution in [-0.2, 0) is 0 Å². The van der Waals surface area contributed by atoms with Crippen LogP contribution in [0.4, 0.5) is 0 Å². The summed E-state index contributed by atoms with van der Waals surface area (Å²) < 4.78 is 0. The molecular formula is C17H27ClN2. The van der Waals surface area contributed by atoms with Crippen LogP contribution in [-0.4, -0.2) is 30.6 Å². The highest BCUT2D eigenvalue weighted by Gasteiger charge is 2.28. The van der Waals surface area contributed by atoms with Crippen molar-refractivity contribution in [2.24, 2.45) is 5.92 Å². The summed E-state index contributed by atoms with van der Waals surface area (Å²) in [5.41, 5.74) is 1.32. The van der Waals surface area contributed by atoms with Gasteiger partial charge in [-0.3, -0.25) is 4.90 Å². The molecule has 1 saturated heterocycles. The van der Waals surface area contributed by atoms with Crippen molar-refractivity contribution in [2.45, 2.75) is 45.7 Å². The average molecular weight is 295 g/mol. The first-order valence-corrected chi connectivity index (χ1v) is 8.22. The van der Waals surface area contributed by atoms with Gasteiger partial charge in [-0.2, -0.15) is 0 Å². The van der Waals surface area contributed by atoms with Gasteiger partial charge in [-0.25, -0.2) is 0 Å². The third-order valence-electron chi connectivity index (χ3n) is 4.47. The molecule has 0 bridgehead atoms. The number of nitrogens with one attached hydrogen (secondary N) is 1. The van der Waals surface area contributed by atoms with Gasteiger partial charge in [0, 0.05) is 30.2 Å². The molecule has 112 valence electrons. The molecule has 1 aliphatic rings. The minimum absolute atomic E-state index is 0.447. The first kappa shape index (κ1) is 15.8. The number of piperidine rings is 1. The van der Waals surface area contributed by atoms with Crippen molar-refractivity contribution in [1.82, 2.24) is 10.2 Å². The number of hydrogen-bond acceptors (Lipinski definition) is 2. The Balaban J connectivity index is 1.95. The molecule has 1 aromatic carbocycles. The van der Waals surface area contributed by atoms with E-state index in [0.29, 0.717) is 18.0 Å². The molecule has 0 radical (unpaired) electrons. The van der Waals surface area contributed by atoms with Gasteiger partial charge in [0.1, 0.15) is 0 Å². The lowest BCUT2D eigenvalue weighted by molar-refractivity contribution is 0.111. The van der Waals surface area contributed by atoms with Crippen molar-refractivity contribution in [2.75, 3.05) is 19.6 Å². The van der Waals surface area contributed by atoms with E-state index in [-0.39, 0.29) is 0 Å². The largest absolute Gasteiger partial charge is 0.314 e. The summed E-state index contributed by atoms with van der Waals surface area (Å²) in [5.74, 6) is 0.705. The van der Waals surface area contributed by atoms with Crippen LogP contribution in [0.2, 0.25) is 5.02 Å². The summed E-state index contributed by atoms with van der Waals surface area (Å²) in [4.78, 5) is 2.58. The van der Waals surface area contributed by atoms with Gasteiger partial charge in [0.2, 0.25) is 0 Å².